The first-order valence-electron chi connectivity index (χ1n) is 8.26. The molecule has 0 saturated heterocycles. The van der Waals surface area contributed by atoms with Gasteiger partial charge in [-0.3, -0.25) is 14.6 Å². The summed E-state index contributed by atoms with van der Waals surface area (Å²) < 4.78 is 4.62. The number of ether oxygens (including phenoxy) is 1. The van der Waals surface area contributed by atoms with Crippen molar-refractivity contribution in [1.29, 1.82) is 0 Å². The number of rotatable bonds is 7. The molecule has 0 unspecified atom stereocenters. The van der Waals surface area contributed by atoms with E-state index in [-0.39, 0.29) is 47.7 Å². The lowest BCUT2D eigenvalue weighted by Gasteiger charge is -2.29. The molecule has 1 aliphatic rings. The number of hydrogen-bond acceptors (Lipinski definition) is 4. The minimum Gasteiger partial charge on any atom is -0.469 e. The van der Waals surface area contributed by atoms with E-state index in [4.69, 9.17) is 0 Å². The van der Waals surface area contributed by atoms with Crippen molar-refractivity contribution in [3.63, 3.8) is 0 Å². The van der Waals surface area contributed by atoms with Crippen LogP contribution in [-0.4, -0.2) is 63.6 Å². The maximum absolute atomic E-state index is 12.5. The van der Waals surface area contributed by atoms with Crippen molar-refractivity contribution in [2.45, 2.75) is 39.0 Å². The lowest BCUT2D eigenvalue weighted by Crippen LogP contribution is -2.43. The Labute approximate surface area is 162 Å². The van der Waals surface area contributed by atoms with Gasteiger partial charge >= 0.3 is 5.97 Å². The molecule has 1 fully saturated rings. The number of esters is 1. The van der Waals surface area contributed by atoms with Gasteiger partial charge in [0.15, 0.2) is 5.96 Å². The molecule has 1 aliphatic carbocycles. The number of methoxy groups -OCH3 is 1. The van der Waals surface area contributed by atoms with E-state index in [2.05, 4.69) is 20.4 Å². The Hall–Kier alpha value is -1.06. The van der Waals surface area contributed by atoms with E-state index in [1.165, 1.54) is 7.11 Å². The second kappa shape index (κ2) is 11.5. The molecule has 0 radical (unpaired) electrons. The average molecular weight is 454 g/mol. The van der Waals surface area contributed by atoms with Crippen molar-refractivity contribution >= 4 is 41.8 Å². The van der Waals surface area contributed by atoms with Crippen LogP contribution in [0.15, 0.2) is 4.99 Å². The Bertz CT molecular complexity index is 435. The summed E-state index contributed by atoms with van der Waals surface area (Å²) in [6.45, 7) is 3.62. The quantitative estimate of drug-likeness (QED) is 0.263. The molecule has 0 atom stereocenters. The summed E-state index contributed by atoms with van der Waals surface area (Å²) in [5.41, 5.74) is -0.381. The standard InChI is InChI=1S/C16H30N4O3.HI/c1-5-17-15(18-11-8-13(21)23-4)19-12-16(9-6-7-10-16)14(22)20(2)3;/h5-12H2,1-4H3,(H2,17,18,19);1H. The maximum Gasteiger partial charge on any atom is 0.307 e. The van der Waals surface area contributed by atoms with Crippen LogP contribution >= 0.6 is 24.0 Å². The third kappa shape index (κ3) is 6.82. The van der Waals surface area contributed by atoms with Gasteiger partial charge < -0.3 is 20.3 Å². The highest BCUT2D eigenvalue weighted by molar-refractivity contribution is 14.0. The first kappa shape index (κ1) is 22.9. The lowest BCUT2D eigenvalue weighted by molar-refractivity contribution is -0.140. The van der Waals surface area contributed by atoms with Crippen LogP contribution in [0.5, 0.6) is 0 Å². The number of nitrogens with one attached hydrogen (secondary N) is 2. The molecule has 0 spiro atoms. The Morgan fingerprint density at radius 3 is 2.33 bits per heavy atom. The average Bonchev–Trinajstić information content (AvgIpc) is 3.01. The summed E-state index contributed by atoms with van der Waals surface area (Å²) in [6.07, 6.45) is 4.19. The molecule has 140 valence electrons. The highest BCUT2D eigenvalue weighted by Gasteiger charge is 2.41. The predicted octanol–water partition coefficient (Wildman–Crippen LogP) is 1.37. The number of carbonyl (C=O) groups excluding carboxylic acids is 2. The highest BCUT2D eigenvalue weighted by atomic mass is 127. The first-order valence-corrected chi connectivity index (χ1v) is 8.26. The number of halogens is 1. The zero-order valence-corrected chi connectivity index (χ0v) is 17.5. The second-order valence-electron chi connectivity index (χ2n) is 6.14. The minimum atomic E-state index is -0.381. The van der Waals surface area contributed by atoms with E-state index in [1.54, 1.807) is 19.0 Å². The van der Waals surface area contributed by atoms with Crippen molar-refractivity contribution in [1.82, 2.24) is 15.5 Å². The van der Waals surface area contributed by atoms with E-state index in [0.29, 0.717) is 19.0 Å². The third-order valence-corrected chi connectivity index (χ3v) is 4.15. The molecule has 8 heteroatoms. The van der Waals surface area contributed by atoms with Gasteiger partial charge in [-0.15, -0.1) is 24.0 Å². The molecule has 1 saturated carbocycles. The maximum atomic E-state index is 12.5. The number of hydrogen-bond donors (Lipinski definition) is 2. The van der Waals surface area contributed by atoms with Crippen LogP contribution in [0.3, 0.4) is 0 Å². The monoisotopic (exact) mass is 454 g/mol. The highest BCUT2D eigenvalue weighted by Crippen LogP contribution is 2.39. The van der Waals surface area contributed by atoms with Crippen LogP contribution in [-0.2, 0) is 14.3 Å². The summed E-state index contributed by atoms with van der Waals surface area (Å²) in [5, 5.41) is 6.25. The van der Waals surface area contributed by atoms with Crippen LogP contribution in [0.25, 0.3) is 0 Å². The van der Waals surface area contributed by atoms with E-state index in [0.717, 1.165) is 32.2 Å². The zero-order valence-electron chi connectivity index (χ0n) is 15.2. The number of aliphatic imine (C=N–C) groups is 1. The Balaban J connectivity index is 0.00000529. The molecule has 0 aromatic rings. The van der Waals surface area contributed by atoms with Gasteiger partial charge in [0.25, 0.3) is 0 Å². The molecule has 0 heterocycles. The molecular formula is C16H31IN4O3. The summed E-state index contributed by atoms with van der Waals surface area (Å²) in [6, 6.07) is 0. The lowest BCUT2D eigenvalue weighted by atomic mass is 9.85. The van der Waals surface area contributed by atoms with Gasteiger partial charge in [0.2, 0.25) is 5.91 Å². The molecule has 0 bridgehead atoms. The molecule has 1 amide bonds. The molecule has 24 heavy (non-hydrogen) atoms. The van der Waals surface area contributed by atoms with Crippen LogP contribution in [0.1, 0.15) is 39.0 Å². The van der Waals surface area contributed by atoms with E-state index >= 15 is 0 Å². The molecule has 7 nitrogen and oxygen atoms in total. The number of carbonyl (C=O) groups is 2. The Morgan fingerprint density at radius 1 is 1.21 bits per heavy atom. The fraction of sp³-hybridized carbons (Fsp3) is 0.812. The summed E-state index contributed by atoms with van der Waals surface area (Å²) in [4.78, 5) is 29.9. The topological polar surface area (TPSA) is 83.0 Å². The summed E-state index contributed by atoms with van der Waals surface area (Å²) >= 11 is 0. The molecule has 1 rings (SSSR count). The predicted molar refractivity (Wildman–Crippen MR) is 106 cm³/mol. The number of nitrogens with zero attached hydrogens (tertiary/aromatic N) is 2. The summed E-state index contributed by atoms with van der Waals surface area (Å²) in [5.74, 6) is 0.529. The van der Waals surface area contributed by atoms with Gasteiger partial charge in [-0.2, -0.15) is 0 Å². The normalized spacial score (nSPS) is 16.1. The largest absolute Gasteiger partial charge is 0.469 e. The zero-order chi connectivity index (χ0) is 17.3. The smallest absolute Gasteiger partial charge is 0.307 e. The van der Waals surface area contributed by atoms with Crippen molar-refractivity contribution in [2.24, 2.45) is 10.4 Å². The molecule has 0 aliphatic heterocycles. The van der Waals surface area contributed by atoms with Gasteiger partial charge in [-0.1, -0.05) is 12.8 Å². The Kier molecular flexibility index (Phi) is 11.0. The SMILES string of the molecule is CCNC(=NCC1(C(=O)N(C)C)CCCC1)NCCC(=O)OC.I. The third-order valence-electron chi connectivity index (χ3n) is 4.15. The minimum absolute atomic E-state index is 0. The van der Waals surface area contributed by atoms with E-state index in [9.17, 15) is 9.59 Å². The molecule has 2 N–H and O–H groups in total. The van der Waals surface area contributed by atoms with Crippen LogP contribution in [0, 0.1) is 5.41 Å². The molecule has 0 aromatic carbocycles. The van der Waals surface area contributed by atoms with Crippen molar-refractivity contribution in [3.05, 3.63) is 0 Å². The molecular weight excluding hydrogens is 423 g/mol. The fourth-order valence-electron chi connectivity index (χ4n) is 2.92. The van der Waals surface area contributed by atoms with Crippen LogP contribution in [0.2, 0.25) is 0 Å². The summed E-state index contributed by atoms with van der Waals surface area (Å²) in [7, 11) is 4.97. The van der Waals surface area contributed by atoms with E-state index < -0.39 is 0 Å². The number of guanidine groups is 1. The van der Waals surface area contributed by atoms with Gasteiger partial charge in [0.05, 0.1) is 25.5 Å². The Morgan fingerprint density at radius 2 is 1.83 bits per heavy atom. The van der Waals surface area contributed by atoms with Crippen molar-refractivity contribution < 1.29 is 14.3 Å². The van der Waals surface area contributed by atoms with Gasteiger partial charge in [-0.05, 0) is 19.8 Å². The van der Waals surface area contributed by atoms with Crippen molar-refractivity contribution in [3.8, 4) is 0 Å². The van der Waals surface area contributed by atoms with Gasteiger partial charge in [-0.25, -0.2) is 0 Å². The van der Waals surface area contributed by atoms with Crippen LogP contribution < -0.4 is 10.6 Å². The first-order chi connectivity index (χ1) is 10.9. The van der Waals surface area contributed by atoms with Crippen LogP contribution in [0.4, 0.5) is 0 Å². The van der Waals surface area contributed by atoms with Gasteiger partial charge in [0, 0.05) is 27.2 Å². The second-order valence-corrected chi connectivity index (χ2v) is 6.14. The fourth-order valence-corrected chi connectivity index (χ4v) is 2.92. The van der Waals surface area contributed by atoms with E-state index in [1.807, 2.05) is 6.92 Å². The van der Waals surface area contributed by atoms with Gasteiger partial charge in [0.1, 0.15) is 0 Å². The number of amides is 1. The van der Waals surface area contributed by atoms with Crippen molar-refractivity contribution in [2.75, 3.05) is 40.8 Å². The molecule has 0 aromatic heterocycles.